The van der Waals surface area contributed by atoms with Gasteiger partial charge in [-0.2, -0.15) is 5.26 Å². The van der Waals surface area contributed by atoms with Crippen molar-refractivity contribution in [2.75, 3.05) is 0 Å². The van der Waals surface area contributed by atoms with E-state index in [9.17, 15) is 9.90 Å². The second-order valence-corrected chi connectivity index (χ2v) is 3.56. The molecule has 0 aliphatic rings. The van der Waals surface area contributed by atoms with Gasteiger partial charge >= 0.3 is 0 Å². The molecule has 3 heteroatoms. The van der Waals surface area contributed by atoms with Gasteiger partial charge in [0.2, 0.25) is 0 Å². The Morgan fingerprint density at radius 1 is 1.06 bits per heavy atom. The van der Waals surface area contributed by atoms with E-state index in [1.54, 1.807) is 36.4 Å². The van der Waals surface area contributed by atoms with Gasteiger partial charge in [0.1, 0.15) is 0 Å². The quantitative estimate of drug-likeness (QED) is 0.775. The molecule has 0 aliphatic heterocycles. The maximum Gasteiger partial charge on any atom is 0.0991 e. The van der Waals surface area contributed by atoms with Gasteiger partial charge in [0.15, 0.2) is 0 Å². The number of carbonyl (C=O) groups excluding carboxylic acids is 1. The minimum Gasteiger partial charge on any atom is -0.545 e. The molecule has 2 aromatic carbocycles. The molecule has 0 saturated carbocycles. The number of aromatic carboxylic acids is 1. The van der Waals surface area contributed by atoms with Crippen molar-refractivity contribution in [3.8, 4) is 17.2 Å². The Hall–Kier alpha value is -2.60. The fourth-order valence-corrected chi connectivity index (χ4v) is 1.56. The van der Waals surface area contributed by atoms with E-state index in [2.05, 4.69) is 0 Å². The molecule has 0 heterocycles. The molecule has 0 amide bonds. The lowest BCUT2D eigenvalue weighted by atomic mass is 10.0. The number of carboxylic acids is 1. The second kappa shape index (κ2) is 4.50. The van der Waals surface area contributed by atoms with Crippen molar-refractivity contribution >= 4 is 5.97 Å². The Bertz CT molecular complexity index is 594. The topological polar surface area (TPSA) is 63.9 Å². The SMILES string of the molecule is N#Cc1ccc(-c2cccc(C(=O)[O-])c2)cc1. The highest BCUT2D eigenvalue weighted by Gasteiger charge is 2.00. The highest BCUT2D eigenvalue weighted by atomic mass is 16.4. The Morgan fingerprint density at radius 3 is 2.35 bits per heavy atom. The number of rotatable bonds is 2. The molecule has 0 fully saturated rings. The molecule has 0 saturated heterocycles. The van der Waals surface area contributed by atoms with Crippen molar-refractivity contribution in [3.05, 3.63) is 59.7 Å². The summed E-state index contributed by atoms with van der Waals surface area (Å²) in [5.74, 6) is -1.19. The molecule has 82 valence electrons. The molecule has 0 radical (unpaired) electrons. The highest BCUT2D eigenvalue weighted by molar-refractivity contribution is 5.87. The fraction of sp³-hybridized carbons (Fsp3) is 0. The molecule has 0 bridgehead atoms. The molecule has 2 rings (SSSR count). The van der Waals surface area contributed by atoms with Crippen LogP contribution in [0, 0.1) is 11.3 Å². The van der Waals surface area contributed by atoms with Crippen LogP contribution in [0.2, 0.25) is 0 Å². The summed E-state index contributed by atoms with van der Waals surface area (Å²) in [6.07, 6.45) is 0. The zero-order valence-electron chi connectivity index (χ0n) is 8.88. The maximum atomic E-state index is 10.7. The van der Waals surface area contributed by atoms with Crippen molar-refractivity contribution in [1.82, 2.24) is 0 Å². The predicted molar refractivity (Wildman–Crippen MR) is 60.9 cm³/mol. The average molecular weight is 222 g/mol. The van der Waals surface area contributed by atoms with Crippen molar-refractivity contribution in [3.63, 3.8) is 0 Å². The summed E-state index contributed by atoms with van der Waals surface area (Å²) < 4.78 is 0. The Kier molecular flexibility index (Phi) is 2.89. The summed E-state index contributed by atoms with van der Waals surface area (Å²) in [5.41, 5.74) is 2.37. The minimum atomic E-state index is -1.19. The molecule has 0 spiro atoms. The van der Waals surface area contributed by atoms with Crippen LogP contribution in [-0.2, 0) is 0 Å². The molecular formula is C14H8NO2-. The summed E-state index contributed by atoms with van der Waals surface area (Å²) in [6, 6.07) is 15.5. The minimum absolute atomic E-state index is 0.145. The van der Waals surface area contributed by atoms with Gasteiger partial charge in [-0.15, -0.1) is 0 Å². The van der Waals surface area contributed by atoms with Gasteiger partial charge in [-0.25, -0.2) is 0 Å². The van der Waals surface area contributed by atoms with E-state index in [-0.39, 0.29) is 5.56 Å². The summed E-state index contributed by atoms with van der Waals surface area (Å²) in [7, 11) is 0. The van der Waals surface area contributed by atoms with Crippen LogP contribution in [-0.4, -0.2) is 5.97 Å². The Balaban J connectivity index is 2.42. The Labute approximate surface area is 98.6 Å². The Morgan fingerprint density at radius 2 is 1.76 bits per heavy atom. The van der Waals surface area contributed by atoms with Gasteiger partial charge in [0.05, 0.1) is 17.6 Å². The van der Waals surface area contributed by atoms with Crippen LogP contribution < -0.4 is 5.11 Å². The van der Waals surface area contributed by atoms with Gasteiger partial charge < -0.3 is 9.90 Å². The monoisotopic (exact) mass is 222 g/mol. The second-order valence-electron chi connectivity index (χ2n) is 3.56. The van der Waals surface area contributed by atoms with Gasteiger partial charge in [0.25, 0.3) is 0 Å². The first-order valence-electron chi connectivity index (χ1n) is 5.02. The summed E-state index contributed by atoms with van der Waals surface area (Å²) in [5, 5.41) is 19.4. The van der Waals surface area contributed by atoms with Gasteiger partial charge in [-0.1, -0.05) is 30.3 Å². The number of nitrogens with zero attached hydrogens (tertiary/aromatic N) is 1. The molecule has 0 aliphatic carbocycles. The first-order valence-corrected chi connectivity index (χ1v) is 5.02. The van der Waals surface area contributed by atoms with Crippen LogP contribution in [0.25, 0.3) is 11.1 Å². The van der Waals surface area contributed by atoms with E-state index in [1.165, 1.54) is 6.07 Å². The maximum absolute atomic E-state index is 10.7. The van der Waals surface area contributed by atoms with E-state index < -0.39 is 5.97 Å². The van der Waals surface area contributed by atoms with E-state index in [1.807, 2.05) is 12.1 Å². The van der Waals surface area contributed by atoms with Gasteiger partial charge in [-0.3, -0.25) is 0 Å². The summed E-state index contributed by atoms with van der Waals surface area (Å²) in [4.78, 5) is 10.7. The molecule has 17 heavy (non-hydrogen) atoms. The normalized spacial score (nSPS) is 9.59. The molecule has 0 aromatic heterocycles. The predicted octanol–water partition coefficient (Wildman–Crippen LogP) is 1.59. The summed E-state index contributed by atoms with van der Waals surface area (Å²) in [6.45, 7) is 0. The van der Waals surface area contributed by atoms with E-state index in [0.717, 1.165) is 11.1 Å². The number of hydrogen-bond acceptors (Lipinski definition) is 3. The third-order valence-electron chi connectivity index (χ3n) is 2.45. The molecule has 3 nitrogen and oxygen atoms in total. The van der Waals surface area contributed by atoms with Crippen LogP contribution in [0.3, 0.4) is 0 Å². The first-order chi connectivity index (χ1) is 8.20. The van der Waals surface area contributed by atoms with Crippen molar-refractivity contribution in [2.45, 2.75) is 0 Å². The van der Waals surface area contributed by atoms with Crippen LogP contribution in [0.5, 0.6) is 0 Å². The third kappa shape index (κ3) is 2.32. The van der Waals surface area contributed by atoms with E-state index in [4.69, 9.17) is 5.26 Å². The number of hydrogen-bond donors (Lipinski definition) is 0. The van der Waals surface area contributed by atoms with Crippen LogP contribution in [0.1, 0.15) is 15.9 Å². The van der Waals surface area contributed by atoms with Crippen LogP contribution in [0.4, 0.5) is 0 Å². The molecule has 0 N–H and O–H groups in total. The van der Waals surface area contributed by atoms with Crippen molar-refractivity contribution < 1.29 is 9.90 Å². The molecule has 0 unspecified atom stereocenters. The fourth-order valence-electron chi connectivity index (χ4n) is 1.56. The van der Waals surface area contributed by atoms with E-state index >= 15 is 0 Å². The molecular weight excluding hydrogens is 214 g/mol. The van der Waals surface area contributed by atoms with E-state index in [0.29, 0.717) is 5.56 Å². The largest absolute Gasteiger partial charge is 0.545 e. The number of carboxylic acid groups (broad SMARTS) is 1. The molecule has 0 atom stereocenters. The zero-order chi connectivity index (χ0) is 12.3. The first kappa shape index (κ1) is 10.9. The lowest BCUT2D eigenvalue weighted by Gasteiger charge is -2.06. The number of carbonyl (C=O) groups is 1. The van der Waals surface area contributed by atoms with Crippen molar-refractivity contribution in [1.29, 1.82) is 5.26 Å². The molecule has 2 aromatic rings. The zero-order valence-corrected chi connectivity index (χ0v) is 8.88. The standard InChI is InChI=1S/C14H9NO2/c15-9-10-4-6-11(7-5-10)12-2-1-3-13(8-12)14(16)17/h1-8H,(H,16,17)/p-1. The number of benzene rings is 2. The smallest absolute Gasteiger partial charge is 0.0991 e. The lowest BCUT2D eigenvalue weighted by Crippen LogP contribution is -2.22. The van der Waals surface area contributed by atoms with Crippen LogP contribution in [0.15, 0.2) is 48.5 Å². The lowest BCUT2D eigenvalue weighted by molar-refractivity contribution is -0.255. The summed E-state index contributed by atoms with van der Waals surface area (Å²) >= 11 is 0. The average Bonchev–Trinajstić information content (AvgIpc) is 2.39. The van der Waals surface area contributed by atoms with Gasteiger partial charge in [0, 0.05) is 0 Å². The number of nitriles is 1. The van der Waals surface area contributed by atoms with Gasteiger partial charge in [-0.05, 0) is 34.9 Å². The highest BCUT2D eigenvalue weighted by Crippen LogP contribution is 2.20. The third-order valence-corrected chi connectivity index (χ3v) is 2.45. The van der Waals surface area contributed by atoms with Crippen molar-refractivity contribution in [2.24, 2.45) is 0 Å². The van der Waals surface area contributed by atoms with Crippen LogP contribution >= 0.6 is 0 Å².